The monoisotopic (exact) mass is 254 g/mol. The smallest absolute Gasteiger partial charge is 0.260 e. The van der Waals surface area contributed by atoms with Gasteiger partial charge in [0.05, 0.1) is 12.2 Å². The van der Waals surface area contributed by atoms with Gasteiger partial charge in [-0.2, -0.15) is 0 Å². The van der Waals surface area contributed by atoms with E-state index >= 15 is 0 Å². The fraction of sp³-hybridized carbons (Fsp3) is 0.500. The van der Waals surface area contributed by atoms with Crippen molar-refractivity contribution >= 4 is 17.2 Å². The van der Waals surface area contributed by atoms with Crippen molar-refractivity contribution in [3.8, 4) is 0 Å². The molecule has 1 heterocycles. The van der Waals surface area contributed by atoms with Crippen LogP contribution in [0.1, 0.15) is 25.3 Å². The van der Waals surface area contributed by atoms with Crippen molar-refractivity contribution < 1.29 is 4.74 Å². The Morgan fingerprint density at radius 2 is 2.29 bits per heavy atom. The maximum absolute atomic E-state index is 11.9. The van der Waals surface area contributed by atoms with E-state index in [0.717, 1.165) is 19.4 Å². The number of rotatable bonds is 7. The first-order chi connectivity index (χ1) is 8.16. The summed E-state index contributed by atoms with van der Waals surface area (Å²) in [5.74, 6) is 0. The molecule has 0 unspecified atom stereocenters. The van der Waals surface area contributed by atoms with Crippen LogP contribution in [0.5, 0.6) is 0 Å². The molecule has 1 aromatic heterocycles. The quantitative estimate of drug-likeness (QED) is 0.588. The number of nitrogens with zero attached hydrogens (tertiary/aromatic N) is 1. The molecule has 0 bridgehead atoms. The second-order valence-corrected chi connectivity index (χ2v) is 4.19. The molecule has 0 amide bonds. The molecule has 0 aliphatic carbocycles. The molecule has 5 heteroatoms. The highest BCUT2D eigenvalue weighted by Gasteiger charge is 2.04. The van der Waals surface area contributed by atoms with Gasteiger partial charge < -0.3 is 15.0 Å². The molecule has 0 atom stereocenters. The number of nitrogens with two attached hydrogens (primary N) is 1. The maximum atomic E-state index is 11.9. The Hall–Kier alpha value is -1.20. The van der Waals surface area contributed by atoms with Gasteiger partial charge in [-0.15, -0.1) is 0 Å². The van der Waals surface area contributed by atoms with Crippen LogP contribution in [0.25, 0.3) is 0 Å². The normalized spacial score (nSPS) is 10.4. The maximum Gasteiger partial charge on any atom is 0.260 e. The van der Waals surface area contributed by atoms with Crippen LogP contribution >= 0.6 is 12.2 Å². The van der Waals surface area contributed by atoms with Crippen LogP contribution in [0.4, 0.5) is 0 Å². The summed E-state index contributed by atoms with van der Waals surface area (Å²) in [6, 6.07) is 3.40. The second-order valence-electron chi connectivity index (χ2n) is 3.75. The average molecular weight is 254 g/mol. The number of aromatic nitrogens is 1. The fourth-order valence-electron chi connectivity index (χ4n) is 1.41. The van der Waals surface area contributed by atoms with Crippen LogP contribution in [0.15, 0.2) is 23.1 Å². The zero-order chi connectivity index (χ0) is 12.7. The molecule has 0 saturated carbocycles. The van der Waals surface area contributed by atoms with E-state index in [1.54, 1.807) is 22.9 Å². The highest BCUT2D eigenvalue weighted by atomic mass is 32.1. The molecule has 17 heavy (non-hydrogen) atoms. The third-order valence-corrected chi connectivity index (χ3v) is 2.62. The number of ether oxygens (including phenoxy) is 1. The topological polar surface area (TPSA) is 57.2 Å². The minimum atomic E-state index is -0.154. The molecule has 1 aromatic rings. The molecular formula is C12H18N2O2S. The lowest BCUT2D eigenvalue weighted by Crippen LogP contribution is -2.29. The number of pyridine rings is 1. The number of thiocarbonyl (C=S) groups is 1. The summed E-state index contributed by atoms with van der Waals surface area (Å²) in [4.78, 5) is 12.0. The zero-order valence-corrected chi connectivity index (χ0v) is 10.8. The molecule has 0 fully saturated rings. The van der Waals surface area contributed by atoms with Crippen LogP contribution in [0.3, 0.4) is 0 Å². The standard InChI is InChI=1S/C12H18N2O2S/c1-2-3-8-16-9-7-14-6-4-5-10(11(13)17)12(14)15/h4-6H,2-3,7-9H2,1H3,(H2,13,17). The van der Waals surface area contributed by atoms with Gasteiger partial charge in [-0.25, -0.2) is 0 Å². The van der Waals surface area contributed by atoms with E-state index in [2.05, 4.69) is 6.92 Å². The third kappa shape index (κ3) is 4.28. The molecule has 2 N–H and O–H groups in total. The van der Waals surface area contributed by atoms with Crippen LogP contribution in [0.2, 0.25) is 0 Å². The van der Waals surface area contributed by atoms with Gasteiger partial charge in [0, 0.05) is 19.3 Å². The molecule has 4 nitrogen and oxygen atoms in total. The van der Waals surface area contributed by atoms with Crippen LogP contribution in [0, 0.1) is 0 Å². The Bertz CT molecular complexity index is 429. The van der Waals surface area contributed by atoms with Crippen molar-refractivity contribution in [2.75, 3.05) is 13.2 Å². The lowest BCUT2D eigenvalue weighted by atomic mass is 10.3. The van der Waals surface area contributed by atoms with Crippen molar-refractivity contribution in [1.82, 2.24) is 4.57 Å². The minimum absolute atomic E-state index is 0.135. The molecule has 0 aromatic carbocycles. The van der Waals surface area contributed by atoms with Gasteiger partial charge in [0.15, 0.2) is 0 Å². The summed E-state index contributed by atoms with van der Waals surface area (Å²) in [6.45, 7) is 3.90. The predicted molar refractivity (Wildman–Crippen MR) is 72.3 cm³/mol. The van der Waals surface area contributed by atoms with Crippen LogP contribution < -0.4 is 11.3 Å². The van der Waals surface area contributed by atoms with Crippen molar-refractivity contribution in [2.45, 2.75) is 26.3 Å². The Morgan fingerprint density at radius 3 is 2.94 bits per heavy atom. The van der Waals surface area contributed by atoms with E-state index in [1.165, 1.54) is 0 Å². The van der Waals surface area contributed by atoms with E-state index in [1.807, 2.05) is 0 Å². The summed E-state index contributed by atoms with van der Waals surface area (Å²) in [7, 11) is 0. The van der Waals surface area contributed by atoms with Crippen LogP contribution in [-0.2, 0) is 11.3 Å². The average Bonchev–Trinajstić information content (AvgIpc) is 2.30. The largest absolute Gasteiger partial charge is 0.389 e. The predicted octanol–water partition coefficient (Wildman–Crippen LogP) is 1.30. The summed E-state index contributed by atoms with van der Waals surface area (Å²) < 4.78 is 6.98. The Balaban J connectivity index is 2.57. The van der Waals surface area contributed by atoms with E-state index in [9.17, 15) is 4.79 Å². The Kier molecular flexibility index (Phi) is 5.86. The first kappa shape index (κ1) is 13.9. The molecular weight excluding hydrogens is 236 g/mol. The first-order valence-corrected chi connectivity index (χ1v) is 6.14. The Labute approximate surface area is 106 Å². The van der Waals surface area contributed by atoms with Crippen molar-refractivity contribution in [3.05, 3.63) is 34.2 Å². The van der Waals surface area contributed by atoms with Gasteiger partial charge in [-0.1, -0.05) is 25.6 Å². The highest BCUT2D eigenvalue weighted by molar-refractivity contribution is 7.80. The SMILES string of the molecule is CCCCOCCn1cccc(C(N)=S)c1=O. The lowest BCUT2D eigenvalue weighted by molar-refractivity contribution is 0.123. The third-order valence-electron chi connectivity index (χ3n) is 2.40. The zero-order valence-electron chi connectivity index (χ0n) is 10.0. The highest BCUT2D eigenvalue weighted by Crippen LogP contribution is 1.93. The van der Waals surface area contributed by atoms with Gasteiger partial charge >= 0.3 is 0 Å². The molecule has 94 valence electrons. The van der Waals surface area contributed by atoms with Gasteiger partial charge in [0.2, 0.25) is 0 Å². The molecule has 0 aliphatic heterocycles. The molecule has 0 radical (unpaired) electrons. The van der Waals surface area contributed by atoms with Gasteiger partial charge in [-0.3, -0.25) is 4.79 Å². The van der Waals surface area contributed by atoms with Crippen LogP contribution in [-0.4, -0.2) is 22.8 Å². The van der Waals surface area contributed by atoms with Crippen molar-refractivity contribution in [2.24, 2.45) is 5.73 Å². The summed E-state index contributed by atoms with van der Waals surface area (Å²) in [6.07, 6.45) is 3.87. The first-order valence-electron chi connectivity index (χ1n) is 5.73. The van der Waals surface area contributed by atoms with Crippen molar-refractivity contribution in [3.63, 3.8) is 0 Å². The molecule has 0 spiro atoms. The van der Waals surface area contributed by atoms with E-state index in [4.69, 9.17) is 22.7 Å². The van der Waals surface area contributed by atoms with Crippen molar-refractivity contribution in [1.29, 1.82) is 0 Å². The Morgan fingerprint density at radius 1 is 1.53 bits per heavy atom. The van der Waals surface area contributed by atoms with E-state index in [-0.39, 0.29) is 10.5 Å². The van der Waals surface area contributed by atoms with Gasteiger partial charge in [-0.05, 0) is 18.6 Å². The second kappa shape index (κ2) is 7.19. The van der Waals surface area contributed by atoms with Gasteiger partial charge in [0.1, 0.15) is 4.99 Å². The summed E-state index contributed by atoms with van der Waals surface area (Å²) >= 11 is 4.81. The fourth-order valence-corrected chi connectivity index (χ4v) is 1.57. The number of unbranched alkanes of at least 4 members (excludes halogenated alkanes) is 1. The molecule has 1 rings (SSSR count). The van der Waals surface area contributed by atoms with E-state index < -0.39 is 0 Å². The lowest BCUT2D eigenvalue weighted by Gasteiger charge is -2.07. The van der Waals surface area contributed by atoms with Gasteiger partial charge in [0.25, 0.3) is 5.56 Å². The summed E-state index contributed by atoms with van der Waals surface area (Å²) in [5, 5.41) is 0. The molecule has 0 saturated heterocycles. The van der Waals surface area contributed by atoms with E-state index in [0.29, 0.717) is 18.7 Å². The minimum Gasteiger partial charge on any atom is -0.389 e. The molecule has 0 aliphatic rings. The number of hydrogen-bond acceptors (Lipinski definition) is 3. The number of hydrogen-bond donors (Lipinski definition) is 1. The summed E-state index contributed by atoms with van der Waals surface area (Å²) in [5.41, 5.74) is 5.70.